The lowest BCUT2D eigenvalue weighted by atomic mass is 10.1. The highest BCUT2D eigenvalue weighted by molar-refractivity contribution is 6.00. The number of ether oxygens (including phenoxy) is 1. The van der Waals surface area contributed by atoms with Crippen LogP contribution in [0.5, 0.6) is 5.88 Å². The van der Waals surface area contributed by atoms with Gasteiger partial charge in [0, 0.05) is 11.6 Å². The van der Waals surface area contributed by atoms with Crippen LogP contribution in [-0.2, 0) is 0 Å². The molecule has 23 heavy (non-hydrogen) atoms. The second kappa shape index (κ2) is 4.98. The van der Waals surface area contributed by atoms with E-state index in [0.717, 1.165) is 5.39 Å². The van der Waals surface area contributed by atoms with Crippen LogP contribution in [0.3, 0.4) is 0 Å². The number of fused-ring (bicyclic) bond motifs is 2. The Hall–Kier alpha value is -3.09. The third-order valence-electron chi connectivity index (χ3n) is 3.85. The molecule has 0 saturated heterocycles. The van der Waals surface area contributed by atoms with Gasteiger partial charge < -0.3 is 20.4 Å². The second-order valence-corrected chi connectivity index (χ2v) is 5.23. The van der Waals surface area contributed by atoms with E-state index in [4.69, 9.17) is 10.5 Å². The van der Waals surface area contributed by atoms with Crippen LogP contribution in [-0.4, -0.2) is 29.0 Å². The number of anilines is 2. The number of hydrogen-bond acceptors (Lipinski definition) is 4. The molecular formula is C16H13FN4O2. The molecule has 0 saturated carbocycles. The first-order valence-corrected chi connectivity index (χ1v) is 7.12. The Morgan fingerprint density at radius 2 is 2.22 bits per heavy atom. The minimum Gasteiger partial charge on any atom is -0.474 e. The Kier molecular flexibility index (Phi) is 2.94. The molecule has 0 fully saturated rings. The van der Waals surface area contributed by atoms with Crippen molar-refractivity contribution in [2.45, 2.75) is 0 Å². The number of rotatable bonds is 2. The highest BCUT2D eigenvalue weighted by Gasteiger charge is 2.26. The van der Waals surface area contributed by atoms with Crippen molar-refractivity contribution in [2.24, 2.45) is 5.73 Å². The summed E-state index contributed by atoms with van der Waals surface area (Å²) in [6, 6.07) is 8.21. The Morgan fingerprint density at radius 1 is 1.35 bits per heavy atom. The van der Waals surface area contributed by atoms with E-state index < -0.39 is 11.7 Å². The summed E-state index contributed by atoms with van der Waals surface area (Å²) in [5.74, 6) is -1.01. The van der Waals surface area contributed by atoms with Gasteiger partial charge in [-0.05, 0) is 24.3 Å². The summed E-state index contributed by atoms with van der Waals surface area (Å²) < 4.78 is 19.7. The van der Waals surface area contributed by atoms with Gasteiger partial charge in [0.05, 0.1) is 17.8 Å². The summed E-state index contributed by atoms with van der Waals surface area (Å²) in [5.41, 5.74) is 7.03. The molecule has 1 aliphatic heterocycles. The van der Waals surface area contributed by atoms with Crippen LogP contribution in [0, 0.1) is 5.82 Å². The monoisotopic (exact) mass is 312 g/mol. The average molecular weight is 312 g/mol. The quantitative estimate of drug-likeness (QED) is 0.760. The third-order valence-corrected chi connectivity index (χ3v) is 3.85. The number of amides is 1. The summed E-state index contributed by atoms with van der Waals surface area (Å²) in [5, 5.41) is 0.899. The first-order valence-electron chi connectivity index (χ1n) is 7.12. The van der Waals surface area contributed by atoms with Gasteiger partial charge in [-0.15, -0.1) is 0 Å². The SMILES string of the molecule is NC(=O)c1c(F)cccc1N1CCOc2nc3[nH]ccc3cc21. The predicted octanol–water partition coefficient (Wildman–Crippen LogP) is 2.33. The maximum atomic E-state index is 14.1. The number of carbonyl (C=O) groups is 1. The summed E-state index contributed by atoms with van der Waals surface area (Å²) in [7, 11) is 0. The van der Waals surface area contributed by atoms with Gasteiger partial charge in [-0.2, -0.15) is 4.98 Å². The number of halogens is 1. The van der Waals surface area contributed by atoms with E-state index in [1.54, 1.807) is 23.2 Å². The highest BCUT2D eigenvalue weighted by Crippen LogP contribution is 2.38. The predicted molar refractivity (Wildman–Crippen MR) is 83.5 cm³/mol. The summed E-state index contributed by atoms with van der Waals surface area (Å²) >= 11 is 0. The molecule has 1 aromatic carbocycles. The van der Waals surface area contributed by atoms with Crippen molar-refractivity contribution >= 4 is 28.3 Å². The van der Waals surface area contributed by atoms with E-state index in [1.165, 1.54) is 6.07 Å². The average Bonchev–Trinajstić information content (AvgIpc) is 2.98. The van der Waals surface area contributed by atoms with Gasteiger partial charge in [0.25, 0.3) is 5.91 Å². The fourth-order valence-corrected chi connectivity index (χ4v) is 2.84. The van der Waals surface area contributed by atoms with E-state index >= 15 is 0 Å². The number of aromatic nitrogens is 2. The van der Waals surface area contributed by atoms with Crippen molar-refractivity contribution in [3.8, 4) is 5.88 Å². The van der Waals surface area contributed by atoms with Gasteiger partial charge >= 0.3 is 0 Å². The number of nitrogens with zero attached hydrogens (tertiary/aromatic N) is 2. The topological polar surface area (TPSA) is 84.2 Å². The van der Waals surface area contributed by atoms with Gasteiger partial charge in [-0.25, -0.2) is 4.39 Å². The van der Waals surface area contributed by atoms with Gasteiger partial charge in [0.15, 0.2) is 0 Å². The van der Waals surface area contributed by atoms with Crippen molar-refractivity contribution in [2.75, 3.05) is 18.1 Å². The molecule has 0 atom stereocenters. The third kappa shape index (κ3) is 2.09. The minimum absolute atomic E-state index is 0.130. The van der Waals surface area contributed by atoms with Crippen molar-refractivity contribution in [1.82, 2.24) is 9.97 Å². The standard InChI is InChI=1S/C16H13FN4O2/c17-10-2-1-3-11(13(10)14(18)22)21-6-7-23-16-12(21)8-9-4-5-19-15(9)20-16/h1-5,8H,6-7H2,(H2,18,22)(H,19,20). The Bertz CT molecular complexity index is 922. The molecule has 3 heterocycles. The lowest BCUT2D eigenvalue weighted by molar-refractivity contribution is 0.0997. The Labute approximate surface area is 130 Å². The zero-order valence-electron chi connectivity index (χ0n) is 12.0. The number of H-pyrrole nitrogens is 1. The molecule has 0 radical (unpaired) electrons. The van der Waals surface area contributed by atoms with E-state index in [-0.39, 0.29) is 5.56 Å². The maximum Gasteiger partial charge on any atom is 0.253 e. The number of carbonyl (C=O) groups excluding carboxylic acids is 1. The van der Waals surface area contributed by atoms with Crippen molar-refractivity contribution in [3.63, 3.8) is 0 Å². The van der Waals surface area contributed by atoms with E-state index in [2.05, 4.69) is 9.97 Å². The molecule has 2 aromatic heterocycles. The largest absolute Gasteiger partial charge is 0.474 e. The molecule has 7 heteroatoms. The molecule has 116 valence electrons. The molecule has 3 N–H and O–H groups in total. The fourth-order valence-electron chi connectivity index (χ4n) is 2.84. The zero-order chi connectivity index (χ0) is 16.0. The van der Waals surface area contributed by atoms with Gasteiger partial charge in [0.1, 0.15) is 23.8 Å². The van der Waals surface area contributed by atoms with Gasteiger partial charge in [0.2, 0.25) is 5.88 Å². The maximum absolute atomic E-state index is 14.1. The number of hydrogen-bond donors (Lipinski definition) is 2. The second-order valence-electron chi connectivity index (χ2n) is 5.23. The number of nitrogens with two attached hydrogens (primary N) is 1. The lowest BCUT2D eigenvalue weighted by Crippen LogP contribution is -2.31. The van der Waals surface area contributed by atoms with Crippen LogP contribution in [0.25, 0.3) is 11.0 Å². The first kappa shape index (κ1) is 13.6. The summed E-state index contributed by atoms with van der Waals surface area (Å²) in [6.07, 6.45) is 1.78. The number of primary amides is 1. The molecule has 1 amide bonds. The number of nitrogens with one attached hydrogen (secondary N) is 1. The van der Waals surface area contributed by atoms with Crippen LogP contribution in [0.15, 0.2) is 36.5 Å². The molecule has 0 bridgehead atoms. The van der Waals surface area contributed by atoms with E-state index in [9.17, 15) is 9.18 Å². The molecule has 1 aliphatic rings. The number of pyridine rings is 1. The highest BCUT2D eigenvalue weighted by atomic mass is 19.1. The molecule has 0 aliphatic carbocycles. The molecule has 4 rings (SSSR count). The van der Waals surface area contributed by atoms with Crippen LogP contribution < -0.4 is 15.4 Å². The van der Waals surface area contributed by atoms with E-state index in [0.29, 0.717) is 36.1 Å². The van der Waals surface area contributed by atoms with Crippen LogP contribution in [0.2, 0.25) is 0 Å². The van der Waals surface area contributed by atoms with Crippen LogP contribution in [0.4, 0.5) is 15.8 Å². The van der Waals surface area contributed by atoms with Crippen molar-refractivity contribution < 1.29 is 13.9 Å². The van der Waals surface area contributed by atoms with Crippen LogP contribution in [0.1, 0.15) is 10.4 Å². The molecule has 6 nitrogen and oxygen atoms in total. The smallest absolute Gasteiger partial charge is 0.253 e. The number of aromatic amines is 1. The first-order chi connectivity index (χ1) is 11.1. The summed E-state index contributed by atoms with van der Waals surface area (Å²) in [4.78, 5) is 20.9. The Morgan fingerprint density at radius 3 is 3.04 bits per heavy atom. The van der Waals surface area contributed by atoms with Crippen molar-refractivity contribution in [3.05, 3.63) is 47.9 Å². The zero-order valence-corrected chi connectivity index (χ0v) is 12.0. The van der Waals surface area contributed by atoms with Crippen LogP contribution >= 0.6 is 0 Å². The van der Waals surface area contributed by atoms with E-state index in [1.807, 2.05) is 12.1 Å². The molecular weight excluding hydrogens is 299 g/mol. The molecule has 0 spiro atoms. The molecule has 0 unspecified atom stereocenters. The van der Waals surface area contributed by atoms with Gasteiger partial charge in [-0.1, -0.05) is 6.07 Å². The van der Waals surface area contributed by atoms with Gasteiger partial charge in [-0.3, -0.25) is 4.79 Å². The lowest BCUT2D eigenvalue weighted by Gasteiger charge is -2.31. The fraction of sp³-hybridized carbons (Fsp3) is 0.125. The Balaban J connectivity index is 1.93. The number of benzene rings is 1. The minimum atomic E-state index is -0.804. The molecule has 3 aromatic rings. The normalized spacial score (nSPS) is 13.7. The van der Waals surface area contributed by atoms with Crippen molar-refractivity contribution in [1.29, 1.82) is 0 Å². The summed E-state index contributed by atoms with van der Waals surface area (Å²) in [6.45, 7) is 0.843.